The highest BCUT2D eigenvalue weighted by atomic mass is 35.5. The topological polar surface area (TPSA) is 75.1 Å². The molecule has 2 N–H and O–H groups in total. The smallest absolute Gasteiger partial charge is 0.410 e. The summed E-state index contributed by atoms with van der Waals surface area (Å²) in [6.07, 6.45) is -1.17. The van der Waals surface area contributed by atoms with Crippen molar-refractivity contribution in [3.05, 3.63) is 17.8 Å². The number of alkyl halides is 1. The Hall–Kier alpha value is -1.36. The lowest BCUT2D eigenvalue weighted by Gasteiger charge is -2.02. The van der Waals surface area contributed by atoms with Crippen LogP contribution in [0, 0.1) is 0 Å². The number of hydrogen-bond acceptors (Lipinski definition) is 3. The van der Waals surface area contributed by atoms with Crippen molar-refractivity contribution in [2.75, 3.05) is 5.32 Å². The fraction of sp³-hybridized carbons (Fsp3) is 0.286. The Morgan fingerprint density at radius 3 is 2.69 bits per heavy atom. The largest absolute Gasteiger partial charge is 0.465 e. The van der Waals surface area contributed by atoms with Crippen molar-refractivity contribution in [2.24, 2.45) is 0 Å². The Balaban J connectivity index is 2.75. The van der Waals surface area contributed by atoms with Crippen LogP contribution in [0.4, 0.5) is 10.6 Å². The summed E-state index contributed by atoms with van der Waals surface area (Å²) in [6, 6.07) is 3.13. The van der Waals surface area contributed by atoms with Gasteiger partial charge in [0.1, 0.15) is 0 Å². The first kappa shape index (κ1) is 9.73. The molecule has 0 radical (unpaired) electrons. The predicted octanol–water partition coefficient (Wildman–Crippen LogP) is 1.87. The molecule has 0 saturated carbocycles. The summed E-state index contributed by atoms with van der Waals surface area (Å²) in [4.78, 5) is 10.2. The third-order valence-corrected chi connectivity index (χ3v) is 1.55. The van der Waals surface area contributed by atoms with Gasteiger partial charge in [0.15, 0.2) is 5.82 Å². The number of amides is 1. The molecule has 0 aromatic carbocycles. The number of aromatic nitrogens is 2. The quantitative estimate of drug-likeness (QED) is 0.717. The van der Waals surface area contributed by atoms with E-state index in [4.69, 9.17) is 16.7 Å². The fourth-order valence-electron chi connectivity index (χ4n) is 0.731. The Kier molecular flexibility index (Phi) is 3.02. The molecule has 0 aliphatic heterocycles. The number of hydrogen-bond donors (Lipinski definition) is 2. The molecule has 70 valence electrons. The molecule has 1 rings (SSSR count). The molecular formula is C7H8ClN3O2. The molecule has 0 aliphatic carbocycles. The van der Waals surface area contributed by atoms with Crippen molar-refractivity contribution in [3.63, 3.8) is 0 Å². The van der Waals surface area contributed by atoms with Crippen LogP contribution in [0.5, 0.6) is 0 Å². The molecule has 1 aromatic rings. The lowest BCUT2D eigenvalue weighted by molar-refractivity contribution is 0.209. The zero-order valence-electron chi connectivity index (χ0n) is 6.86. The summed E-state index contributed by atoms with van der Waals surface area (Å²) < 4.78 is 0. The summed E-state index contributed by atoms with van der Waals surface area (Å²) in [5.74, 6) is 0.188. The molecule has 13 heavy (non-hydrogen) atoms. The van der Waals surface area contributed by atoms with Crippen LogP contribution >= 0.6 is 11.6 Å². The summed E-state index contributed by atoms with van der Waals surface area (Å²) >= 11 is 5.72. The van der Waals surface area contributed by atoms with E-state index < -0.39 is 6.09 Å². The Bertz CT molecular complexity index is 299. The van der Waals surface area contributed by atoms with E-state index in [1.165, 1.54) is 6.07 Å². The van der Waals surface area contributed by atoms with E-state index >= 15 is 0 Å². The molecule has 0 saturated heterocycles. The molecule has 1 unspecified atom stereocenters. The van der Waals surface area contributed by atoms with Gasteiger partial charge in [-0.25, -0.2) is 4.79 Å². The molecular weight excluding hydrogens is 194 g/mol. The SMILES string of the molecule is CC(Cl)c1ccc(NC(=O)O)nn1. The average molecular weight is 202 g/mol. The van der Waals surface area contributed by atoms with Crippen molar-refractivity contribution in [3.8, 4) is 0 Å². The highest BCUT2D eigenvalue weighted by Gasteiger charge is 2.04. The summed E-state index contributed by atoms with van der Waals surface area (Å²) in [5.41, 5.74) is 0.609. The minimum Gasteiger partial charge on any atom is -0.465 e. The van der Waals surface area contributed by atoms with Crippen molar-refractivity contribution >= 4 is 23.5 Å². The maximum atomic E-state index is 10.2. The van der Waals surface area contributed by atoms with Gasteiger partial charge in [0.25, 0.3) is 0 Å². The molecule has 5 nitrogen and oxygen atoms in total. The van der Waals surface area contributed by atoms with Crippen LogP contribution in [-0.2, 0) is 0 Å². The Morgan fingerprint density at radius 1 is 1.62 bits per heavy atom. The number of carboxylic acid groups (broad SMARTS) is 1. The van der Waals surface area contributed by atoms with E-state index in [1.54, 1.807) is 13.0 Å². The van der Waals surface area contributed by atoms with Crippen LogP contribution in [0.15, 0.2) is 12.1 Å². The second-order valence-corrected chi connectivity index (χ2v) is 3.04. The van der Waals surface area contributed by atoms with Gasteiger partial charge in [0.2, 0.25) is 0 Å². The minimum absolute atomic E-state index is 0.188. The van der Waals surface area contributed by atoms with Gasteiger partial charge in [-0.05, 0) is 19.1 Å². The van der Waals surface area contributed by atoms with E-state index in [9.17, 15) is 4.79 Å². The summed E-state index contributed by atoms with van der Waals surface area (Å²) in [6.45, 7) is 1.76. The van der Waals surface area contributed by atoms with Gasteiger partial charge < -0.3 is 5.11 Å². The predicted molar refractivity (Wildman–Crippen MR) is 47.9 cm³/mol. The minimum atomic E-state index is -1.17. The zero-order valence-corrected chi connectivity index (χ0v) is 7.62. The van der Waals surface area contributed by atoms with E-state index in [0.717, 1.165) is 0 Å². The maximum absolute atomic E-state index is 10.2. The third-order valence-electron chi connectivity index (χ3n) is 1.33. The number of nitrogens with one attached hydrogen (secondary N) is 1. The van der Waals surface area contributed by atoms with Crippen LogP contribution < -0.4 is 5.32 Å². The first-order valence-electron chi connectivity index (χ1n) is 3.57. The molecule has 0 spiro atoms. The normalized spacial score (nSPS) is 12.2. The van der Waals surface area contributed by atoms with Crippen molar-refractivity contribution in [1.29, 1.82) is 0 Å². The van der Waals surface area contributed by atoms with Crippen LogP contribution in [0.1, 0.15) is 18.0 Å². The molecule has 1 atom stereocenters. The molecule has 6 heteroatoms. The summed E-state index contributed by atoms with van der Waals surface area (Å²) in [5, 5.41) is 17.5. The average Bonchev–Trinajstić information content (AvgIpc) is 2.04. The number of anilines is 1. The monoisotopic (exact) mass is 201 g/mol. The number of halogens is 1. The van der Waals surface area contributed by atoms with Crippen LogP contribution in [0.2, 0.25) is 0 Å². The van der Waals surface area contributed by atoms with E-state index in [2.05, 4.69) is 15.5 Å². The molecule has 0 aliphatic rings. The second kappa shape index (κ2) is 4.04. The second-order valence-electron chi connectivity index (χ2n) is 2.39. The lowest BCUT2D eigenvalue weighted by atomic mass is 10.3. The molecule has 1 heterocycles. The van der Waals surface area contributed by atoms with Gasteiger partial charge in [-0.3, -0.25) is 5.32 Å². The molecule has 1 aromatic heterocycles. The van der Waals surface area contributed by atoms with Gasteiger partial charge in [-0.15, -0.1) is 16.7 Å². The third kappa shape index (κ3) is 2.87. The van der Waals surface area contributed by atoms with Gasteiger partial charge in [-0.2, -0.15) is 5.10 Å². The number of carbonyl (C=O) groups is 1. The van der Waals surface area contributed by atoms with Crippen molar-refractivity contribution < 1.29 is 9.90 Å². The first-order valence-corrected chi connectivity index (χ1v) is 4.01. The highest BCUT2D eigenvalue weighted by molar-refractivity contribution is 6.20. The van der Waals surface area contributed by atoms with Crippen molar-refractivity contribution in [2.45, 2.75) is 12.3 Å². The summed E-state index contributed by atoms with van der Waals surface area (Å²) in [7, 11) is 0. The molecule has 1 amide bonds. The van der Waals surface area contributed by atoms with Gasteiger partial charge in [0.05, 0.1) is 11.1 Å². The zero-order chi connectivity index (χ0) is 9.84. The molecule has 0 fully saturated rings. The van der Waals surface area contributed by atoms with Crippen LogP contribution in [0.3, 0.4) is 0 Å². The first-order chi connectivity index (χ1) is 6.09. The molecule has 0 bridgehead atoms. The standard InChI is InChI=1S/C7H8ClN3O2/c1-4(8)5-2-3-6(11-10-5)9-7(12)13/h2-4H,1H3,(H,9,11)(H,12,13). The highest BCUT2D eigenvalue weighted by Crippen LogP contribution is 2.16. The van der Waals surface area contributed by atoms with Crippen molar-refractivity contribution in [1.82, 2.24) is 10.2 Å². The van der Waals surface area contributed by atoms with Crippen LogP contribution in [-0.4, -0.2) is 21.4 Å². The maximum Gasteiger partial charge on any atom is 0.410 e. The van der Waals surface area contributed by atoms with E-state index in [1.807, 2.05) is 0 Å². The van der Waals surface area contributed by atoms with E-state index in [-0.39, 0.29) is 11.2 Å². The Labute approximate surface area is 79.7 Å². The van der Waals surface area contributed by atoms with Gasteiger partial charge in [-0.1, -0.05) is 0 Å². The van der Waals surface area contributed by atoms with Crippen LogP contribution in [0.25, 0.3) is 0 Å². The fourth-order valence-corrected chi connectivity index (χ4v) is 0.847. The van der Waals surface area contributed by atoms with E-state index in [0.29, 0.717) is 5.69 Å². The lowest BCUT2D eigenvalue weighted by Crippen LogP contribution is -2.09. The number of nitrogens with zero attached hydrogens (tertiary/aromatic N) is 2. The van der Waals surface area contributed by atoms with Gasteiger partial charge >= 0.3 is 6.09 Å². The van der Waals surface area contributed by atoms with Gasteiger partial charge in [0, 0.05) is 0 Å². The number of rotatable bonds is 2. The Morgan fingerprint density at radius 2 is 2.31 bits per heavy atom.